The summed E-state index contributed by atoms with van der Waals surface area (Å²) >= 11 is 0. The second kappa shape index (κ2) is 8.96. The van der Waals surface area contributed by atoms with Crippen LogP contribution in [0.5, 0.6) is 0 Å². The molecule has 2 aromatic rings. The van der Waals surface area contributed by atoms with E-state index in [1.807, 2.05) is 6.07 Å². The Bertz CT molecular complexity index is 729. The van der Waals surface area contributed by atoms with Crippen molar-refractivity contribution in [1.29, 1.82) is 0 Å². The Balaban J connectivity index is 1.90. The Labute approximate surface area is 160 Å². The highest BCUT2D eigenvalue weighted by Gasteiger charge is 2.26. The van der Waals surface area contributed by atoms with Gasteiger partial charge in [-0.05, 0) is 44.2 Å². The minimum absolute atomic E-state index is 0.124. The number of rotatable bonds is 7. The molecule has 2 aromatic heterocycles. The second-order valence-corrected chi connectivity index (χ2v) is 7.06. The predicted molar refractivity (Wildman–Crippen MR) is 108 cm³/mol. The molecule has 27 heavy (non-hydrogen) atoms. The van der Waals surface area contributed by atoms with Crippen molar-refractivity contribution in [3.63, 3.8) is 0 Å². The van der Waals surface area contributed by atoms with E-state index in [-0.39, 0.29) is 12.1 Å². The van der Waals surface area contributed by atoms with Gasteiger partial charge in [-0.25, -0.2) is 10.8 Å². The van der Waals surface area contributed by atoms with E-state index in [2.05, 4.69) is 27.2 Å². The molecule has 0 radical (unpaired) electrons. The van der Waals surface area contributed by atoms with Crippen LogP contribution in [0, 0.1) is 0 Å². The highest BCUT2D eigenvalue weighted by atomic mass is 16.3. The molecule has 1 aliphatic carbocycles. The lowest BCUT2D eigenvalue weighted by Crippen LogP contribution is -2.45. The number of anilines is 3. The molecule has 0 aromatic carbocycles. The third-order valence-corrected chi connectivity index (χ3v) is 4.95. The van der Waals surface area contributed by atoms with Gasteiger partial charge in [0.2, 0.25) is 5.95 Å². The molecular formula is C19H29N7O. The van der Waals surface area contributed by atoms with Gasteiger partial charge in [0.25, 0.3) is 0 Å². The highest BCUT2D eigenvalue weighted by molar-refractivity contribution is 5.74. The van der Waals surface area contributed by atoms with Crippen molar-refractivity contribution >= 4 is 17.5 Å². The molecule has 0 saturated heterocycles. The summed E-state index contributed by atoms with van der Waals surface area (Å²) in [6, 6.07) is 3.77. The van der Waals surface area contributed by atoms with Crippen molar-refractivity contribution in [2.45, 2.75) is 57.6 Å². The van der Waals surface area contributed by atoms with Gasteiger partial charge in [0.1, 0.15) is 0 Å². The van der Waals surface area contributed by atoms with Gasteiger partial charge in [0.05, 0.1) is 29.2 Å². The summed E-state index contributed by atoms with van der Waals surface area (Å²) in [5, 5.41) is 14.8. The molecule has 0 bridgehead atoms. The number of hydrazine groups is 1. The Hall–Kier alpha value is -2.45. The van der Waals surface area contributed by atoms with E-state index in [0.29, 0.717) is 17.5 Å². The fourth-order valence-corrected chi connectivity index (χ4v) is 3.29. The lowest BCUT2D eigenvalue weighted by molar-refractivity contribution is 0.121. The van der Waals surface area contributed by atoms with Gasteiger partial charge in [-0.2, -0.15) is 4.98 Å². The molecule has 0 amide bonds. The average molecular weight is 371 g/mol. The molecule has 1 aliphatic rings. The molecule has 0 spiro atoms. The van der Waals surface area contributed by atoms with Crippen LogP contribution in [-0.4, -0.2) is 38.7 Å². The van der Waals surface area contributed by atoms with E-state index in [1.165, 1.54) is 0 Å². The molecule has 1 saturated carbocycles. The normalized spacial score (nSPS) is 19.7. The van der Waals surface area contributed by atoms with Crippen molar-refractivity contribution in [2.75, 3.05) is 22.6 Å². The third-order valence-electron chi connectivity index (χ3n) is 4.95. The number of unbranched alkanes of at least 4 members (excludes halogenated alkanes) is 1. The first-order valence-corrected chi connectivity index (χ1v) is 9.63. The van der Waals surface area contributed by atoms with Crippen LogP contribution in [0.1, 0.15) is 45.4 Å². The standard InChI is InChI=1S/C19H29N7O/c1-2-3-10-22-19-24-12-16(17-9-4-13(20)11-23-17)18(25-19)26(21)14-5-7-15(27)8-6-14/h4,9,11-12,14-15,27H,2-3,5-8,10,20-21H2,1H3,(H,22,24,25). The van der Waals surface area contributed by atoms with Gasteiger partial charge in [-0.3, -0.25) is 9.99 Å². The van der Waals surface area contributed by atoms with Crippen molar-refractivity contribution in [3.05, 3.63) is 24.5 Å². The number of nitrogen functional groups attached to an aromatic ring is 1. The molecular weight excluding hydrogens is 342 g/mol. The number of aliphatic hydroxyl groups excluding tert-OH is 1. The molecule has 8 heteroatoms. The Morgan fingerprint density at radius 1 is 1.19 bits per heavy atom. The third kappa shape index (κ3) is 4.84. The topological polar surface area (TPSA) is 126 Å². The van der Waals surface area contributed by atoms with Gasteiger partial charge in [-0.15, -0.1) is 0 Å². The molecule has 6 N–H and O–H groups in total. The summed E-state index contributed by atoms with van der Waals surface area (Å²) in [4.78, 5) is 13.5. The smallest absolute Gasteiger partial charge is 0.224 e. The van der Waals surface area contributed by atoms with Crippen molar-refractivity contribution in [2.24, 2.45) is 5.84 Å². The zero-order valence-electron chi connectivity index (χ0n) is 15.8. The molecule has 0 atom stereocenters. The molecule has 146 valence electrons. The maximum absolute atomic E-state index is 9.79. The van der Waals surface area contributed by atoms with Crippen LogP contribution in [0.3, 0.4) is 0 Å². The van der Waals surface area contributed by atoms with E-state index >= 15 is 0 Å². The van der Waals surface area contributed by atoms with E-state index < -0.39 is 0 Å². The van der Waals surface area contributed by atoms with Crippen LogP contribution in [0.4, 0.5) is 17.5 Å². The van der Waals surface area contributed by atoms with Gasteiger partial charge < -0.3 is 16.2 Å². The quantitative estimate of drug-likeness (QED) is 0.332. The van der Waals surface area contributed by atoms with E-state index in [9.17, 15) is 5.11 Å². The SMILES string of the molecule is CCCCNc1ncc(-c2ccc(N)cn2)c(N(N)C2CCC(O)CC2)n1. The van der Waals surface area contributed by atoms with E-state index in [1.54, 1.807) is 23.5 Å². The van der Waals surface area contributed by atoms with Gasteiger partial charge in [0, 0.05) is 18.8 Å². The molecule has 3 rings (SSSR count). The van der Waals surface area contributed by atoms with Crippen molar-refractivity contribution in [1.82, 2.24) is 15.0 Å². The van der Waals surface area contributed by atoms with Crippen LogP contribution >= 0.6 is 0 Å². The van der Waals surface area contributed by atoms with Gasteiger partial charge >= 0.3 is 0 Å². The fourth-order valence-electron chi connectivity index (χ4n) is 3.29. The monoisotopic (exact) mass is 371 g/mol. The van der Waals surface area contributed by atoms with Gasteiger partial charge in [0.15, 0.2) is 5.82 Å². The molecule has 1 fully saturated rings. The Morgan fingerprint density at radius 2 is 1.96 bits per heavy atom. The first-order chi connectivity index (χ1) is 13.1. The minimum Gasteiger partial charge on any atom is -0.397 e. The summed E-state index contributed by atoms with van der Waals surface area (Å²) < 4.78 is 0. The van der Waals surface area contributed by atoms with Crippen molar-refractivity contribution in [3.8, 4) is 11.3 Å². The summed E-state index contributed by atoms with van der Waals surface area (Å²) in [5.41, 5.74) is 7.86. The molecule has 0 unspecified atom stereocenters. The minimum atomic E-state index is -0.232. The number of aromatic nitrogens is 3. The summed E-state index contributed by atoms with van der Waals surface area (Å²) in [6.45, 7) is 2.96. The maximum atomic E-state index is 9.79. The zero-order valence-corrected chi connectivity index (χ0v) is 15.8. The largest absolute Gasteiger partial charge is 0.397 e. The first-order valence-electron chi connectivity index (χ1n) is 9.63. The van der Waals surface area contributed by atoms with Crippen molar-refractivity contribution < 1.29 is 5.11 Å². The lowest BCUT2D eigenvalue weighted by Gasteiger charge is -2.34. The summed E-state index contributed by atoms with van der Waals surface area (Å²) in [7, 11) is 0. The number of hydrogen-bond acceptors (Lipinski definition) is 8. The maximum Gasteiger partial charge on any atom is 0.224 e. The van der Waals surface area contributed by atoms with Crippen LogP contribution in [0.25, 0.3) is 11.3 Å². The summed E-state index contributed by atoms with van der Waals surface area (Å²) in [5.74, 6) is 7.69. The van der Waals surface area contributed by atoms with E-state index in [0.717, 1.165) is 56.3 Å². The number of pyridine rings is 1. The highest BCUT2D eigenvalue weighted by Crippen LogP contribution is 2.31. The number of nitrogens with one attached hydrogen (secondary N) is 1. The zero-order chi connectivity index (χ0) is 19.2. The molecule has 8 nitrogen and oxygen atoms in total. The number of hydrogen-bond donors (Lipinski definition) is 4. The Morgan fingerprint density at radius 3 is 2.63 bits per heavy atom. The number of nitrogens with two attached hydrogens (primary N) is 2. The first kappa shape index (κ1) is 19.3. The Kier molecular flexibility index (Phi) is 6.41. The molecule has 0 aliphatic heterocycles. The predicted octanol–water partition coefficient (Wildman–Crippen LogP) is 2.32. The fraction of sp³-hybridized carbons (Fsp3) is 0.526. The van der Waals surface area contributed by atoms with Gasteiger partial charge in [-0.1, -0.05) is 13.3 Å². The summed E-state index contributed by atoms with van der Waals surface area (Å²) in [6.07, 6.45) is 8.44. The molecule has 2 heterocycles. The second-order valence-electron chi connectivity index (χ2n) is 7.06. The van der Waals surface area contributed by atoms with Crippen LogP contribution < -0.4 is 21.9 Å². The van der Waals surface area contributed by atoms with E-state index in [4.69, 9.17) is 11.6 Å². The van der Waals surface area contributed by atoms with Crippen LogP contribution in [0.2, 0.25) is 0 Å². The number of aliphatic hydroxyl groups is 1. The number of nitrogens with zero attached hydrogens (tertiary/aromatic N) is 4. The lowest BCUT2D eigenvalue weighted by atomic mass is 9.92. The average Bonchev–Trinajstić information content (AvgIpc) is 2.69. The van der Waals surface area contributed by atoms with Crippen LogP contribution in [-0.2, 0) is 0 Å². The van der Waals surface area contributed by atoms with Crippen LogP contribution in [0.15, 0.2) is 24.5 Å².